The lowest BCUT2D eigenvalue weighted by Gasteiger charge is -2.30. The number of hydrogen-bond donors (Lipinski definition) is 0. The molecule has 84 valence electrons. The first kappa shape index (κ1) is 10.5. The Kier molecular flexibility index (Phi) is 3.29. The van der Waals surface area contributed by atoms with Gasteiger partial charge in [0.1, 0.15) is 0 Å². The third kappa shape index (κ3) is 2.33. The summed E-state index contributed by atoms with van der Waals surface area (Å²) in [4.78, 5) is 13.3. The molecule has 1 aliphatic carbocycles. The Bertz CT molecular complexity index is 262. The number of esters is 1. The highest BCUT2D eigenvalue weighted by Gasteiger charge is 2.33. The minimum absolute atomic E-state index is 0.255. The van der Waals surface area contributed by atoms with Crippen molar-refractivity contribution in [2.45, 2.75) is 38.1 Å². The molecule has 15 heavy (non-hydrogen) atoms. The van der Waals surface area contributed by atoms with Crippen molar-refractivity contribution in [3.8, 4) is 0 Å². The Morgan fingerprint density at radius 2 is 2.13 bits per heavy atom. The van der Waals surface area contributed by atoms with Crippen LogP contribution in [0.5, 0.6) is 0 Å². The van der Waals surface area contributed by atoms with E-state index >= 15 is 0 Å². The van der Waals surface area contributed by atoms with E-state index in [0.29, 0.717) is 6.04 Å². The SMILES string of the molecule is COC(=O)/C=C/N1CC[C@@H]2CCCC[C@@H]21. The van der Waals surface area contributed by atoms with Crippen molar-refractivity contribution in [2.24, 2.45) is 5.92 Å². The molecule has 2 aliphatic rings. The van der Waals surface area contributed by atoms with Crippen LogP contribution in [0.4, 0.5) is 0 Å². The van der Waals surface area contributed by atoms with E-state index < -0.39 is 0 Å². The fourth-order valence-electron chi connectivity index (χ4n) is 2.85. The molecular weight excluding hydrogens is 190 g/mol. The van der Waals surface area contributed by atoms with E-state index in [4.69, 9.17) is 0 Å². The third-order valence-corrected chi connectivity index (χ3v) is 3.66. The van der Waals surface area contributed by atoms with Crippen LogP contribution in [0, 0.1) is 5.92 Å². The average molecular weight is 209 g/mol. The quantitative estimate of drug-likeness (QED) is 0.514. The van der Waals surface area contributed by atoms with E-state index in [9.17, 15) is 4.79 Å². The summed E-state index contributed by atoms with van der Waals surface area (Å²) in [5.41, 5.74) is 0. The van der Waals surface area contributed by atoms with Crippen molar-refractivity contribution in [3.05, 3.63) is 12.3 Å². The summed E-state index contributed by atoms with van der Waals surface area (Å²) < 4.78 is 4.59. The molecule has 0 N–H and O–H groups in total. The lowest BCUT2D eigenvalue weighted by Crippen LogP contribution is -2.31. The molecule has 3 nitrogen and oxygen atoms in total. The number of ether oxygens (including phenoxy) is 1. The summed E-state index contributed by atoms with van der Waals surface area (Å²) in [6.45, 7) is 1.10. The van der Waals surface area contributed by atoms with Crippen molar-refractivity contribution in [3.63, 3.8) is 0 Å². The fourth-order valence-corrected chi connectivity index (χ4v) is 2.85. The maximum Gasteiger partial charge on any atom is 0.331 e. The third-order valence-electron chi connectivity index (χ3n) is 3.66. The van der Waals surface area contributed by atoms with Crippen LogP contribution in [-0.4, -0.2) is 30.6 Å². The van der Waals surface area contributed by atoms with Crippen LogP contribution in [0.15, 0.2) is 12.3 Å². The minimum atomic E-state index is -0.255. The molecular formula is C12H19NO2. The van der Waals surface area contributed by atoms with Crippen molar-refractivity contribution in [1.29, 1.82) is 0 Å². The summed E-state index contributed by atoms with van der Waals surface area (Å²) in [7, 11) is 1.42. The summed E-state index contributed by atoms with van der Waals surface area (Å²) in [6, 6.07) is 0.680. The highest BCUT2D eigenvalue weighted by Crippen LogP contribution is 2.36. The van der Waals surface area contributed by atoms with E-state index in [2.05, 4.69) is 9.64 Å². The molecule has 2 fully saturated rings. The number of methoxy groups -OCH3 is 1. The van der Waals surface area contributed by atoms with Gasteiger partial charge in [0.05, 0.1) is 7.11 Å². The second kappa shape index (κ2) is 4.69. The summed E-state index contributed by atoms with van der Waals surface area (Å²) in [5.74, 6) is 0.607. The van der Waals surface area contributed by atoms with Gasteiger partial charge in [-0.15, -0.1) is 0 Å². The van der Waals surface area contributed by atoms with Gasteiger partial charge in [-0.1, -0.05) is 12.8 Å². The second-order valence-electron chi connectivity index (χ2n) is 4.48. The molecule has 1 saturated heterocycles. The molecule has 1 aliphatic heterocycles. The van der Waals surface area contributed by atoms with Gasteiger partial charge < -0.3 is 9.64 Å². The largest absolute Gasteiger partial charge is 0.466 e. The topological polar surface area (TPSA) is 29.5 Å². The molecule has 0 amide bonds. The van der Waals surface area contributed by atoms with E-state index in [1.54, 1.807) is 0 Å². The van der Waals surface area contributed by atoms with Gasteiger partial charge in [-0.25, -0.2) is 4.79 Å². The van der Waals surface area contributed by atoms with E-state index in [1.165, 1.54) is 45.3 Å². The van der Waals surface area contributed by atoms with Crippen LogP contribution in [-0.2, 0) is 9.53 Å². The monoisotopic (exact) mass is 209 g/mol. The summed E-state index contributed by atoms with van der Waals surface area (Å²) in [5, 5.41) is 0. The molecule has 0 aromatic carbocycles. The Labute approximate surface area is 91.1 Å². The van der Waals surface area contributed by atoms with Gasteiger partial charge in [0.2, 0.25) is 0 Å². The second-order valence-corrected chi connectivity index (χ2v) is 4.48. The highest BCUT2D eigenvalue weighted by atomic mass is 16.5. The van der Waals surface area contributed by atoms with Gasteiger partial charge >= 0.3 is 5.97 Å². The molecule has 3 heteroatoms. The molecule has 0 spiro atoms. The van der Waals surface area contributed by atoms with Gasteiger partial charge in [0.15, 0.2) is 0 Å². The predicted octanol–water partition coefficient (Wildman–Crippen LogP) is 1.94. The van der Waals surface area contributed by atoms with Crippen molar-refractivity contribution < 1.29 is 9.53 Å². The Morgan fingerprint density at radius 3 is 2.93 bits per heavy atom. The Hall–Kier alpha value is -0.990. The van der Waals surface area contributed by atoms with E-state index in [1.807, 2.05) is 6.20 Å². The predicted molar refractivity (Wildman–Crippen MR) is 58.2 cm³/mol. The highest BCUT2D eigenvalue weighted by molar-refractivity contribution is 5.81. The first-order valence-corrected chi connectivity index (χ1v) is 5.83. The number of carbonyl (C=O) groups excluding carboxylic acids is 1. The van der Waals surface area contributed by atoms with Gasteiger partial charge in [-0.2, -0.15) is 0 Å². The number of carbonyl (C=O) groups is 1. The molecule has 1 heterocycles. The minimum Gasteiger partial charge on any atom is -0.466 e. The molecule has 0 bridgehead atoms. The lowest BCUT2D eigenvalue weighted by molar-refractivity contribution is -0.134. The number of likely N-dealkylation sites (tertiary alicyclic amines) is 1. The van der Waals surface area contributed by atoms with Crippen LogP contribution < -0.4 is 0 Å². The summed E-state index contributed by atoms with van der Waals surface area (Å²) in [6.07, 6.45) is 10.1. The van der Waals surface area contributed by atoms with Crippen LogP contribution in [0.25, 0.3) is 0 Å². The van der Waals surface area contributed by atoms with Crippen molar-refractivity contribution >= 4 is 5.97 Å². The smallest absolute Gasteiger partial charge is 0.331 e. The zero-order valence-electron chi connectivity index (χ0n) is 9.32. The molecule has 1 saturated carbocycles. The number of fused-ring (bicyclic) bond motifs is 1. The number of rotatable bonds is 2. The van der Waals surface area contributed by atoms with Crippen LogP contribution >= 0.6 is 0 Å². The number of nitrogens with zero attached hydrogens (tertiary/aromatic N) is 1. The van der Waals surface area contributed by atoms with Crippen LogP contribution in [0.3, 0.4) is 0 Å². The molecule has 2 rings (SSSR count). The fraction of sp³-hybridized carbons (Fsp3) is 0.750. The normalized spacial score (nSPS) is 30.6. The maximum absolute atomic E-state index is 11.0. The van der Waals surface area contributed by atoms with Gasteiger partial charge in [-0.05, 0) is 25.2 Å². The average Bonchev–Trinajstić information content (AvgIpc) is 2.69. The van der Waals surface area contributed by atoms with Crippen molar-refractivity contribution in [2.75, 3.05) is 13.7 Å². The number of hydrogen-bond acceptors (Lipinski definition) is 3. The van der Waals surface area contributed by atoms with Crippen LogP contribution in [0.1, 0.15) is 32.1 Å². The Balaban J connectivity index is 1.93. The van der Waals surface area contributed by atoms with Gasteiger partial charge in [0.25, 0.3) is 0 Å². The van der Waals surface area contributed by atoms with Gasteiger partial charge in [-0.3, -0.25) is 0 Å². The van der Waals surface area contributed by atoms with Gasteiger partial charge in [0, 0.05) is 24.9 Å². The Morgan fingerprint density at radius 1 is 1.33 bits per heavy atom. The zero-order valence-corrected chi connectivity index (χ0v) is 9.32. The van der Waals surface area contributed by atoms with E-state index in [-0.39, 0.29) is 5.97 Å². The van der Waals surface area contributed by atoms with E-state index in [0.717, 1.165) is 12.5 Å². The first-order chi connectivity index (χ1) is 7.31. The first-order valence-electron chi connectivity index (χ1n) is 5.83. The molecule has 2 atom stereocenters. The standard InChI is InChI=1S/C12H19NO2/c1-15-12(14)7-9-13-8-6-10-4-2-3-5-11(10)13/h7,9-11H,2-6,8H2,1H3/b9-7+/t10-,11-/m0/s1. The molecule has 0 aromatic heterocycles. The lowest BCUT2D eigenvalue weighted by atomic mass is 9.85. The summed E-state index contributed by atoms with van der Waals surface area (Å²) >= 11 is 0. The molecule has 0 aromatic rings. The zero-order chi connectivity index (χ0) is 10.7. The molecule has 0 unspecified atom stereocenters. The van der Waals surface area contributed by atoms with Crippen molar-refractivity contribution in [1.82, 2.24) is 4.90 Å². The van der Waals surface area contributed by atoms with Crippen LogP contribution in [0.2, 0.25) is 0 Å². The molecule has 0 radical (unpaired) electrons. The maximum atomic E-state index is 11.0.